The molecule has 2 aliphatic rings. The summed E-state index contributed by atoms with van der Waals surface area (Å²) in [5.41, 5.74) is 7.23. The number of amides is 2. The van der Waals surface area contributed by atoms with Gasteiger partial charge >= 0.3 is 6.03 Å². The van der Waals surface area contributed by atoms with Crippen LogP contribution in [0.5, 0.6) is 0 Å². The molecule has 0 bridgehead atoms. The van der Waals surface area contributed by atoms with E-state index in [0.717, 1.165) is 29.7 Å². The Morgan fingerprint density at radius 1 is 1.17 bits per heavy atom. The average molecular weight is 420 g/mol. The van der Waals surface area contributed by atoms with Crippen molar-refractivity contribution < 1.29 is 4.79 Å². The number of fused-ring (bicyclic) bond motifs is 5. The Morgan fingerprint density at radius 3 is 2.83 bits per heavy atom. The maximum Gasteiger partial charge on any atom is 0.322 e. The first-order valence-electron chi connectivity index (χ1n) is 11.0. The molecular formula is C25H29N3OS. The summed E-state index contributed by atoms with van der Waals surface area (Å²) in [6, 6.07) is 10.6. The average Bonchev–Trinajstić information content (AvgIpc) is 3.33. The van der Waals surface area contributed by atoms with Crippen molar-refractivity contribution in [2.45, 2.75) is 65.5 Å². The zero-order chi connectivity index (χ0) is 20.8. The molecule has 5 heteroatoms. The Labute approximate surface area is 182 Å². The lowest BCUT2D eigenvalue weighted by atomic mass is 9.95. The lowest BCUT2D eigenvalue weighted by molar-refractivity contribution is 0.181. The molecule has 0 radical (unpaired) electrons. The van der Waals surface area contributed by atoms with Crippen LogP contribution in [0, 0.1) is 13.8 Å². The van der Waals surface area contributed by atoms with E-state index in [4.69, 9.17) is 0 Å². The zero-order valence-electron chi connectivity index (χ0n) is 18.0. The molecule has 0 saturated carbocycles. The van der Waals surface area contributed by atoms with Crippen LogP contribution in [0.2, 0.25) is 0 Å². The van der Waals surface area contributed by atoms with E-state index in [0.29, 0.717) is 6.54 Å². The molecule has 0 unspecified atom stereocenters. The number of aryl methyl sites for hydroxylation is 3. The first kappa shape index (κ1) is 19.4. The molecule has 1 aliphatic heterocycles. The van der Waals surface area contributed by atoms with Crippen LogP contribution >= 0.6 is 11.3 Å². The van der Waals surface area contributed by atoms with Crippen LogP contribution in [-0.2, 0) is 19.4 Å². The molecule has 0 fully saturated rings. The largest absolute Gasteiger partial charge is 0.322 e. The lowest BCUT2D eigenvalue weighted by Crippen LogP contribution is -2.37. The minimum Gasteiger partial charge on any atom is -0.312 e. The molecule has 1 atom stereocenters. The van der Waals surface area contributed by atoms with Gasteiger partial charge in [-0.3, -0.25) is 0 Å². The number of aromatic nitrogens is 1. The fourth-order valence-corrected chi connectivity index (χ4v) is 6.37. The van der Waals surface area contributed by atoms with Crippen molar-refractivity contribution >= 4 is 23.1 Å². The Bertz CT molecular complexity index is 1110. The highest BCUT2D eigenvalue weighted by Gasteiger charge is 2.34. The monoisotopic (exact) mass is 419 g/mol. The third kappa shape index (κ3) is 3.16. The van der Waals surface area contributed by atoms with Gasteiger partial charge < -0.3 is 14.8 Å². The number of thiophene rings is 1. The summed E-state index contributed by atoms with van der Waals surface area (Å²) < 4.78 is 2.34. The summed E-state index contributed by atoms with van der Waals surface area (Å²) >= 11 is 1.94. The van der Waals surface area contributed by atoms with Gasteiger partial charge in [-0.2, -0.15) is 0 Å². The maximum atomic E-state index is 13.6. The van der Waals surface area contributed by atoms with Crippen LogP contribution in [0.15, 0.2) is 36.5 Å². The van der Waals surface area contributed by atoms with Crippen LogP contribution in [0.1, 0.15) is 65.1 Å². The smallest absolute Gasteiger partial charge is 0.312 e. The van der Waals surface area contributed by atoms with Gasteiger partial charge in [-0.15, -0.1) is 11.3 Å². The number of benzene rings is 1. The molecule has 156 valence electrons. The van der Waals surface area contributed by atoms with E-state index in [2.05, 4.69) is 65.2 Å². The molecule has 1 aromatic carbocycles. The summed E-state index contributed by atoms with van der Waals surface area (Å²) in [4.78, 5) is 17.2. The quantitative estimate of drug-likeness (QED) is 0.503. The van der Waals surface area contributed by atoms with Crippen molar-refractivity contribution in [1.82, 2.24) is 9.47 Å². The Kier molecular flexibility index (Phi) is 4.94. The van der Waals surface area contributed by atoms with Crippen molar-refractivity contribution in [1.29, 1.82) is 0 Å². The highest BCUT2D eigenvalue weighted by atomic mass is 32.1. The molecule has 3 heterocycles. The molecule has 0 spiro atoms. The van der Waals surface area contributed by atoms with E-state index < -0.39 is 0 Å². The highest BCUT2D eigenvalue weighted by Crippen LogP contribution is 2.43. The number of nitrogens with zero attached hydrogens (tertiary/aromatic N) is 2. The fourth-order valence-electron chi connectivity index (χ4n) is 4.97. The molecule has 30 heavy (non-hydrogen) atoms. The number of urea groups is 1. The van der Waals surface area contributed by atoms with Gasteiger partial charge in [-0.05, 0) is 80.8 Å². The van der Waals surface area contributed by atoms with Gasteiger partial charge in [0, 0.05) is 28.0 Å². The van der Waals surface area contributed by atoms with E-state index in [9.17, 15) is 4.79 Å². The Morgan fingerprint density at radius 2 is 2.00 bits per heavy atom. The van der Waals surface area contributed by atoms with Crippen LogP contribution < -0.4 is 5.32 Å². The number of hydrogen-bond donors (Lipinski definition) is 1. The molecule has 1 N–H and O–H groups in total. The van der Waals surface area contributed by atoms with Crippen molar-refractivity contribution in [3.8, 4) is 5.00 Å². The van der Waals surface area contributed by atoms with Crippen molar-refractivity contribution in [2.75, 3.05) is 5.32 Å². The number of carbonyl (C=O) groups excluding carboxylic acids is 1. The van der Waals surface area contributed by atoms with E-state index in [1.165, 1.54) is 46.0 Å². The normalized spacial score (nSPS) is 17.7. The number of hydrogen-bond acceptors (Lipinski definition) is 2. The second-order valence-electron chi connectivity index (χ2n) is 8.60. The molecule has 5 rings (SSSR count). The lowest BCUT2D eigenvalue weighted by Gasteiger charge is -2.30. The van der Waals surface area contributed by atoms with Gasteiger partial charge in [-0.1, -0.05) is 19.1 Å². The van der Waals surface area contributed by atoms with Crippen molar-refractivity contribution in [3.63, 3.8) is 0 Å². The highest BCUT2D eigenvalue weighted by molar-refractivity contribution is 7.15. The van der Waals surface area contributed by atoms with Gasteiger partial charge in [0.1, 0.15) is 5.00 Å². The predicted molar refractivity (Wildman–Crippen MR) is 124 cm³/mol. The molecule has 3 aromatic rings. The van der Waals surface area contributed by atoms with E-state index >= 15 is 0 Å². The van der Waals surface area contributed by atoms with Gasteiger partial charge in [-0.25, -0.2) is 4.79 Å². The van der Waals surface area contributed by atoms with Crippen LogP contribution in [0.3, 0.4) is 0 Å². The van der Waals surface area contributed by atoms with Crippen molar-refractivity contribution in [3.05, 3.63) is 69.4 Å². The minimum absolute atomic E-state index is 0.00749. The summed E-state index contributed by atoms with van der Waals surface area (Å²) in [6.07, 6.45) is 7.91. The van der Waals surface area contributed by atoms with Gasteiger partial charge in [0.15, 0.2) is 0 Å². The predicted octanol–water partition coefficient (Wildman–Crippen LogP) is 6.53. The Hall–Kier alpha value is -2.53. The zero-order valence-corrected chi connectivity index (χ0v) is 18.8. The second-order valence-corrected chi connectivity index (χ2v) is 9.68. The molecule has 4 nitrogen and oxygen atoms in total. The van der Waals surface area contributed by atoms with Gasteiger partial charge in [0.2, 0.25) is 0 Å². The molecular weight excluding hydrogens is 390 g/mol. The minimum atomic E-state index is -0.00749. The molecule has 0 saturated heterocycles. The number of nitrogens with one attached hydrogen (secondary N) is 1. The van der Waals surface area contributed by atoms with E-state index in [1.807, 2.05) is 18.3 Å². The Balaban J connectivity index is 1.57. The number of anilines is 1. The summed E-state index contributed by atoms with van der Waals surface area (Å²) in [5.74, 6) is 0. The van der Waals surface area contributed by atoms with E-state index in [-0.39, 0.29) is 12.1 Å². The number of rotatable bonds is 2. The molecule has 2 aromatic heterocycles. The second kappa shape index (κ2) is 7.62. The summed E-state index contributed by atoms with van der Waals surface area (Å²) in [5, 5.41) is 4.54. The summed E-state index contributed by atoms with van der Waals surface area (Å²) in [7, 11) is 0. The third-order valence-electron chi connectivity index (χ3n) is 6.59. The first-order valence-corrected chi connectivity index (χ1v) is 11.8. The number of carbonyl (C=O) groups is 1. The third-order valence-corrected chi connectivity index (χ3v) is 7.92. The summed E-state index contributed by atoms with van der Waals surface area (Å²) in [6.45, 7) is 6.97. The maximum absolute atomic E-state index is 13.6. The van der Waals surface area contributed by atoms with Crippen LogP contribution in [-0.4, -0.2) is 15.5 Å². The van der Waals surface area contributed by atoms with Gasteiger partial charge in [0.05, 0.1) is 12.6 Å². The van der Waals surface area contributed by atoms with Crippen molar-refractivity contribution in [2.24, 2.45) is 0 Å². The standard InChI is InChI=1S/C25H29N3OS/c1-4-21-22-9-7-13-27(22)24-19(18-8-5-6-10-23(18)30-24)15-28(21)25(29)26-20-14-16(2)11-12-17(20)3/h7,9,11-14,21H,4-6,8,10,15H2,1-3H3,(H,26,29)/t21-/m0/s1. The fraction of sp³-hybridized carbons (Fsp3) is 0.400. The van der Waals surface area contributed by atoms with Crippen LogP contribution in [0.4, 0.5) is 10.5 Å². The van der Waals surface area contributed by atoms with Gasteiger partial charge in [0.25, 0.3) is 0 Å². The topological polar surface area (TPSA) is 37.3 Å². The SMILES string of the molecule is CC[C@H]1c2cccn2-c2sc3c(c2CN1C(=O)Nc1cc(C)ccc1C)CCCC3. The first-order chi connectivity index (χ1) is 14.6. The van der Waals surface area contributed by atoms with Crippen LogP contribution in [0.25, 0.3) is 5.00 Å². The van der Waals surface area contributed by atoms with E-state index in [1.54, 1.807) is 0 Å². The molecule has 2 amide bonds. The molecule has 1 aliphatic carbocycles.